The van der Waals surface area contributed by atoms with Crippen LogP contribution >= 0.6 is 11.6 Å². The van der Waals surface area contributed by atoms with E-state index in [2.05, 4.69) is 19.2 Å². The first-order valence-electron chi connectivity index (χ1n) is 6.28. The summed E-state index contributed by atoms with van der Waals surface area (Å²) in [6.07, 6.45) is 2.92. The summed E-state index contributed by atoms with van der Waals surface area (Å²) in [5.41, 5.74) is 0.761. The Morgan fingerprint density at radius 1 is 1.41 bits per heavy atom. The number of hydrogen-bond acceptors (Lipinski definition) is 1. The van der Waals surface area contributed by atoms with Crippen molar-refractivity contribution in [2.24, 2.45) is 5.92 Å². The molecule has 1 unspecified atom stereocenters. The molecule has 1 aromatic rings. The van der Waals surface area contributed by atoms with E-state index in [0.29, 0.717) is 10.9 Å². The molecule has 1 N–H and O–H groups in total. The lowest BCUT2D eigenvalue weighted by atomic mass is 10.0. The van der Waals surface area contributed by atoms with Gasteiger partial charge in [0.2, 0.25) is 0 Å². The largest absolute Gasteiger partial charge is 0.316 e. The zero-order valence-corrected chi connectivity index (χ0v) is 11.4. The van der Waals surface area contributed by atoms with Gasteiger partial charge >= 0.3 is 0 Å². The maximum atomic E-state index is 13.5. The van der Waals surface area contributed by atoms with Crippen LogP contribution in [0.4, 0.5) is 4.39 Å². The lowest BCUT2D eigenvalue weighted by molar-refractivity contribution is 0.476. The van der Waals surface area contributed by atoms with Crippen molar-refractivity contribution in [3.8, 4) is 0 Å². The smallest absolute Gasteiger partial charge is 0.127 e. The maximum Gasteiger partial charge on any atom is 0.127 e. The number of hydrogen-bond donors (Lipinski definition) is 1. The summed E-state index contributed by atoms with van der Waals surface area (Å²) in [4.78, 5) is 0. The van der Waals surface area contributed by atoms with Gasteiger partial charge in [-0.1, -0.05) is 31.5 Å². The van der Waals surface area contributed by atoms with Gasteiger partial charge in [-0.15, -0.1) is 0 Å². The van der Waals surface area contributed by atoms with Crippen LogP contribution in [0.1, 0.15) is 32.3 Å². The minimum atomic E-state index is -0.189. The van der Waals surface area contributed by atoms with E-state index < -0.39 is 0 Å². The Morgan fingerprint density at radius 2 is 2.18 bits per heavy atom. The van der Waals surface area contributed by atoms with E-state index in [-0.39, 0.29) is 5.82 Å². The molecule has 0 bridgehead atoms. The van der Waals surface area contributed by atoms with Crippen LogP contribution in [-0.4, -0.2) is 13.1 Å². The summed E-state index contributed by atoms with van der Waals surface area (Å²) < 4.78 is 13.5. The lowest BCUT2D eigenvalue weighted by Crippen LogP contribution is -2.22. The Kier molecular flexibility index (Phi) is 6.53. The summed E-state index contributed by atoms with van der Waals surface area (Å²) in [6.45, 7) is 6.40. The van der Waals surface area contributed by atoms with Crippen LogP contribution in [0.25, 0.3) is 0 Å². The minimum absolute atomic E-state index is 0.189. The molecule has 0 aliphatic rings. The summed E-state index contributed by atoms with van der Waals surface area (Å²) >= 11 is 5.71. The average molecular weight is 258 g/mol. The van der Waals surface area contributed by atoms with Crippen molar-refractivity contribution < 1.29 is 4.39 Å². The van der Waals surface area contributed by atoms with E-state index in [1.807, 2.05) is 0 Å². The predicted octanol–water partition coefficient (Wildman–Crippen LogP) is 4.05. The Morgan fingerprint density at radius 3 is 2.82 bits per heavy atom. The molecular weight excluding hydrogens is 237 g/mol. The first-order valence-corrected chi connectivity index (χ1v) is 6.66. The quantitative estimate of drug-likeness (QED) is 0.727. The van der Waals surface area contributed by atoms with Gasteiger partial charge in [-0.2, -0.15) is 0 Å². The topological polar surface area (TPSA) is 12.0 Å². The molecule has 0 spiro atoms. The Labute approximate surface area is 108 Å². The highest BCUT2D eigenvalue weighted by Gasteiger charge is 2.06. The molecule has 1 aromatic carbocycles. The summed E-state index contributed by atoms with van der Waals surface area (Å²) in [5, 5.41) is 3.84. The zero-order chi connectivity index (χ0) is 12.7. The fourth-order valence-electron chi connectivity index (χ4n) is 1.75. The number of rotatable bonds is 7. The Balaban J connectivity index is 2.34. The van der Waals surface area contributed by atoms with Crippen LogP contribution < -0.4 is 5.32 Å². The highest BCUT2D eigenvalue weighted by molar-refractivity contribution is 6.30. The molecule has 0 aliphatic carbocycles. The molecule has 1 atom stereocenters. The van der Waals surface area contributed by atoms with Crippen LogP contribution in [0.3, 0.4) is 0 Å². The molecule has 3 heteroatoms. The normalized spacial score (nSPS) is 12.7. The van der Waals surface area contributed by atoms with Crippen LogP contribution in [0, 0.1) is 11.7 Å². The highest BCUT2D eigenvalue weighted by atomic mass is 35.5. The third-order valence-electron chi connectivity index (χ3n) is 2.84. The molecular formula is C14H21ClFN. The van der Waals surface area contributed by atoms with Crippen molar-refractivity contribution >= 4 is 11.6 Å². The zero-order valence-electron chi connectivity index (χ0n) is 10.6. The molecule has 0 aromatic heterocycles. The highest BCUT2D eigenvalue weighted by Crippen LogP contribution is 2.17. The van der Waals surface area contributed by atoms with Gasteiger partial charge < -0.3 is 5.32 Å². The fraction of sp³-hybridized carbons (Fsp3) is 0.571. The van der Waals surface area contributed by atoms with Crippen molar-refractivity contribution in [1.82, 2.24) is 5.32 Å². The molecule has 0 heterocycles. The molecule has 1 nitrogen and oxygen atoms in total. The summed E-state index contributed by atoms with van der Waals surface area (Å²) in [5.74, 6) is 0.378. The third kappa shape index (κ3) is 5.51. The fourth-order valence-corrected chi connectivity index (χ4v) is 1.91. The molecule has 96 valence electrons. The number of nitrogens with one attached hydrogen (secondary N) is 1. The molecule has 1 rings (SSSR count). The molecule has 0 radical (unpaired) electrons. The number of benzene rings is 1. The van der Waals surface area contributed by atoms with Crippen molar-refractivity contribution in [2.75, 3.05) is 13.1 Å². The number of aryl methyl sites for hydroxylation is 1. The number of halogens is 2. The SMILES string of the molecule is CCCNCC(C)CCc1ccc(Cl)cc1F. The van der Waals surface area contributed by atoms with Crippen LogP contribution in [0.2, 0.25) is 5.02 Å². The molecule has 0 saturated heterocycles. The summed E-state index contributed by atoms with van der Waals surface area (Å²) in [7, 11) is 0. The van der Waals surface area contributed by atoms with E-state index in [1.165, 1.54) is 6.07 Å². The van der Waals surface area contributed by atoms with E-state index in [4.69, 9.17) is 11.6 Å². The summed E-state index contributed by atoms with van der Waals surface area (Å²) in [6, 6.07) is 4.92. The van der Waals surface area contributed by atoms with E-state index in [9.17, 15) is 4.39 Å². The van der Waals surface area contributed by atoms with Gasteiger partial charge in [0.05, 0.1) is 0 Å². The molecule has 0 amide bonds. The standard InChI is InChI=1S/C14H21ClFN/c1-3-8-17-10-11(2)4-5-12-6-7-13(15)9-14(12)16/h6-7,9,11,17H,3-5,8,10H2,1-2H3. The first kappa shape index (κ1) is 14.5. The van der Waals surface area contributed by atoms with Crippen molar-refractivity contribution in [2.45, 2.75) is 33.1 Å². The average Bonchev–Trinajstić information content (AvgIpc) is 2.28. The van der Waals surface area contributed by atoms with Crippen molar-refractivity contribution in [3.05, 3.63) is 34.6 Å². The minimum Gasteiger partial charge on any atom is -0.316 e. The second-order valence-corrected chi connectivity index (χ2v) is 5.02. The molecule has 0 aliphatic heterocycles. The molecule has 0 fully saturated rings. The predicted molar refractivity (Wildman–Crippen MR) is 72.1 cm³/mol. The van der Waals surface area contributed by atoms with E-state index in [1.54, 1.807) is 12.1 Å². The molecule has 17 heavy (non-hydrogen) atoms. The van der Waals surface area contributed by atoms with Gasteiger partial charge in [-0.05, 0) is 56.0 Å². The third-order valence-corrected chi connectivity index (χ3v) is 3.08. The van der Waals surface area contributed by atoms with Crippen molar-refractivity contribution in [1.29, 1.82) is 0 Å². The van der Waals surface area contributed by atoms with Crippen LogP contribution in [0.5, 0.6) is 0 Å². The Bertz CT molecular complexity index is 341. The second kappa shape index (κ2) is 7.67. The first-order chi connectivity index (χ1) is 8.13. The Hall–Kier alpha value is -0.600. The van der Waals surface area contributed by atoms with Gasteiger partial charge in [0.15, 0.2) is 0 Å². The second-order valence-electron chi connectivity index (χ2n) is 4.58. The lowest BCUT2D eigenvalue weighted by Gasteiger charge is -2.12. The van der Waals surface area contributed by atoms with Gasteiger partial charge in [0.1, 0.15) is 5.82 Å². The van der Waals surface area contributed by atoms with Gasteiger partial charge in [-0.25, -0.2) is 4.39 Å². The molecule has 0 saturated carbocycles. The van der Waals surface area contributed by atoms with Crippen molar-refractivity contribution in [3.63, 3.8) is 0 Å². The maximum absolute atomic E-state index is 13.5. The van der Waals surface area contributed by atoms with Crippen LogP contribution in [-0.2, 0) is 6.42 Å². The van der Waals surface area contributed by atoms with E-state index in [0.717, 1.165) is 37.9 Å². The van der Waals surface area contributed by atoms with Gasteiger partial charge in [0, 0.05) is 5.02 Å². The van der Waals surface area contributed by atoms with Crippen LogP contribution in [0.15, 0.2) is 18.2 Å². The monoisotopic (exact) mass is 257 g/mol. The van der Waals surface area contributed by atoms with Gasteiger partial charge in [-0.3, -0.25) is 0 Å². The van der Waals surface area contributed by atoms with E-state index >= 15 is 0 Å². The van der Waals surface area contributed by atoms with Gasteiger partial charge in [0.25, 0.3) is 0 Å².